The number of hydrogen-bond acceptors (Lipinski definition) is 1. The van der Waals surface area contributed by atoms with E-state index in [1.54, 1.807) is 0 Å². The molecule has 0 atom stereocenters. The van der Waals surface area contributed by atoms with Crippen LogP contribution < -0.4 is 10.9 Å². The first-order chi connectivity index (χ1) is 10.3. The Balaban J connectivity index is 1.92. The van der Waals surface area contributed by atoms with Crippen LogP contribution in [0.1, 0.15) is 25.0 Å². The maximum atomic E-state index is 5.82. The molecule has 0 radical (unpaired) electrons. The van der Waals surface area contributed by atoms with E-state index in [0.29, 0.717) is 15.0 Å². The highest BCUT2D eigenvalue weighted by atomic mass is 16.4. The van der Waals surface area contributed by atoms with Gasteiger partial charge in [-0.15, -0.1) is 0 Å². The third-order valence-corrected chi connectivity index (χ3v) is 3.16. The monoisotopic (exact) mass is 274 g/mol. The minimum atomic E-state index is 0.638. The molecule has 0 aliphatic carbocycles. The quantitative estimate of drug-likeness (QED) is 0.735. The Hall–Kier alpha value is -1.99. The Bertz CT molecular complexity index is 577. The van der Waals surface area contributed by atoms with E-state index >= 15 is 0 Å². The van der Waals surface area contributed by atoms with Crippen LogP contribution in [0.5, 0.6) is 0 Å². The van der Waals surface area contributed by atoms with E-state index < -0.39 is 0 Å². The van der Waals surface area contributed by atoms with Crippen molar-refractivity contribution in [2.75, 3.05) is 0 Å². The molecule has 0 fully saturated rings. The first kappa shape index (κ1) is 15.4. The fraction of sp³-hybridized carbons (Fsp3) is 0.111. The van der Waals surface area contributed by atoms with Crippen LogP contribution >= 0.6 is 0 Å². The second-order valence-corrected chi connectivity index (χ2v) is 4.98. The molecule has 2 rings (SSSR count). The van der Waals surface area contributed by atoms with E-state index in [-0.39, 0.29) is 0 Å². The van der Waals surface area contributed by atoms with E-state index in [0.717, 1.165) is 0 Å². The van der Waals surface area contributed by atoms with Gasteiger partial charge < -0.3 is 4.57 Å². The van der Waals surface area contributed by atoms with Gasteiger partial charge >= 0.3 is 0 Å². The van der Waals surface area contributed by atoms with Crippen molar-refractivity contribution in [2.24, 2.45) is 0 Å². The number of rotatable bonds is 6. The molecule has 1 nitrogen and oxygen atoms in total. The smallest absolute Gasteiger partial charge is 0.292 e. The molecule has 0 unspecified atom stereocenters. The van der Waals surface area contributed by atoms with Crippen molar-refractivity contribution in [3.63, 3.8) is 0 Å². The van der Waals surface area contributed by atoms with E-state index in [1.165, 1.54) is 22.1 Å². The van der Waals surface area contributed by atoms with Gasteiger partial charge in [-0.3, -0.25) is 0 Å². The van der Waals surface area contributed by atoms with Crippen LogP contribution in [0.25, 0.3) is 12.2 Å². The maximum Gasteiger partial charge on any atom is 0.292 e. The molecule has 2 aromatic carbocycles. The van der Waals surface area contributed by atoms with Crippen LogP contribution in [0.2, 0.25) is 0 Å². The Morgan fingerprint density at radius 1 is 0.762 bits per heavy atom. The van der Waals surface area contributed by atoms with E-state index in [1.807, 2.05) is 26.0 Å². The Kier molecular flexibility index (Phi) is 6.11. The first-order valence-corrected chi connectivity index (χ1v) is 7.33. The van der Waals surface area contributed by atoms with Crippen LogP contribution in [-0.4, -0.2) is 15.0 Å². The van der Waals surface area contributed by atoms with Gasteiger partial charge in [-0.05, 0) is 25.0 Å². The molecule has 0 saturated carbocycles. The summed E-state index contributed by atoms with van der Waals surface area (Å²) < 4.78 is 5.82. The van der Waals surface area contributed by atoms with Crippen molar-refractivity contribution >= 4 is 38.0 Å². The molecule has 0 aliphatic heterocycles. The van der Waals surface area contributed by atoms with Crippen molar-refractivity contribution in [3.05, 3.63) is 71.8 Å². The molecule has 2 aromatic rings. The molecule has 0 N–H and O–H groups in total. The van der Waals surface area contributed by atoms with Crippen LogP contribution in [0.3, 0.4) is 0 Å². The maximum absolute atomic E-state index is 5.82. The topological polar surface area (TPSA) is 9.23 Å². The molecule has 0 heterocycles. The van der Waals surface area contributed by atoms with Crippen LogP contribution in [0, 0.1) is 0 Å². The van der Waals surface area contributed by atoms with Gasteiger partial charge in [-0.1, -0.05) is 83.8 Å². The lowest BCUT2D eigenvalue weighted by Crippen LogP contribution is -2.25. The van der Waals surface area contributed by atoms with Crippen LogP contribution in [-0.2, 0) is 4.57 Å². The molecule has 3 heteroatoms. The fourth-order valence-corrected chi connectivity index (χ4v) is 2.24. The molecular formula is C18H20B2O. The Morgan fingerprint density at radius 2 is 1.24 bits per heavy atom. The van der Waals surface area contributed by atoms with Gasteiger partial charge in [0.1, 0.15) is 0 Å². The summed E-state index contributed by atoms with van der Waals surface area (Å²) in [5.74, 6) is 0. The lowest BCUT2D eigenvalue weighted by molar-refractivity contribution is 0.663. The summed E-state index contributed by atoms with van der Waals surface area (Å²) in [5.41, 5.74) is 4.84. The second-order valence-electron chi connectivity index (χ2n) is 4.98. The Labute approximate surface area is 128 Å². The molecule has 0 saturated heterocycles. The van der Waals surface area contributed by atoms with Gasteiger partial charge in [-0.25, -0.2) is 0 Å². The minimum absolute atomic E-state index is 0.638. The van der Waals surface area contributed by atoms with Crippen molar-refractivity contribution in [1.82, 2.24) is 0 Å². The lowest BCUT2D eigenvalue weighted by atomic mass is 9.80. The van der Waals surface area contributed by atoms with E-state index in [2.05, 4.69) is 60.7 Å². The summed E-state index contributed by atoms with van der Waals surface area (Å²) in [7, 11) is 1.28. The highest BCUT2D eigenvalue weighted by Gasteiger charge is 2.01. The van der Waals surface area contributed by atoms with Crippen LogP contribution in [0.4, 0.5) is 0 Å². The van der Waals surface area contributed by atoms with Crippen molar-refractivity contribution < 1.29 is 4.57 Å². The summed E-state index contributed by atoms with van der Waals surface area (Å²) in [6, 6.07) is 16.9. The summed E-state index contributed by atoms with van der Waals surface area (Å²) in [4.78, 5) is 0. The highest BCUT2D eigenvalue weighted by molar-refractivity contribution is 6.60. The van der Waals surface area contributed by atoms with Crippen molar-refractivity contribution in [2.45, 2.75) is 13.8 Å². The molecule has 0 aliphatic rings. The van der Waals surface area contributed by atoms with E-state index in [4.69, 9.17) is 4.57 Å². The van der Waals surface area contributed by atoms with Crippen molar-refractivity contribution in [1.29, 1.82) is 0 Å². The van der Waals surface area contributed by atoms with Gasteiger partial charge in [0.05, 0.1) is 0 Å². The van der Waals surface area contributed by atoms with E-state index in [9.17, 15) is 0 Å². The largest absolute Gasteiger partial charge is 0.497 e. The predicted octanol–water partition coefficient (Wildman–Crippen LogP) is 2.42. The molecule has 0 aromatic heterocycles. The first-order valence-electron chi connectivity index (χ1n) is 7.33. The van der Waals surface area contributed by atoms with Crippen molar-refractivity contribution in [3.8, 4) is 0 Å². The average molecular weight is 274 g/mol. The zero-order chi connectivity index (χ0) is 14.9. The average Bonchev–Trinajstić information content (AvgIpc) is 2.49. The van der Waals surface area contributed by atoms with Gasteiger partial charge in [0.25, 0.3) is 15.0 Å². The summed E-state index contributed by atoms with van der Waals surface area (Å²) in [5, 5.41) is 0. The predicted molar refractivity (Wildman–Crippen MR) is 97.0 cm³/mol. The second kappa shape index (κ2) is 8.33. The van der Waals surface area contributed by atoms with Gasteiger partial charge in [0, 0.05) is 0 Å². The third kappa shape index (κ3) is 5.13. The van der Waals surface area contributed by atoms with Gasteiger partial charge in [-0.2, -0.15) is 0 Å². The SMILES string of the molecule is C/C=C\c1cccc(BOBc2cccc(/C=C\C)c2)c1. The molecule has 21 heavy (non-hydrogen) atoms. The summed E-state index contributed by atoms with van der Waals surface area (Å²) in [6.07, 6.45) is 8.30. The van der Waals surface area contributed by atoms with Gasteiger partial charge in [0.15, 0.2) is 0 Å². The Morgan fingerprint density at radius 3 is 1.67 bits per heavy atom. The fourth-order valence-electron chi connectivity index (χ4n) is 2.24. The summed E-state index contributed by atoms with van der Waals surface area (Å²) >= 11 is 0. The van der Waals surface area contributed by atoms with Crippen LogP contribution in [0.15, 0.2) is 60.7 Å². The third-order valence-electron chi connectivity index (χ3n) is 3.16. The molecule has 104 valence electrons. The number of benzene rings is 2. The molecular weight excluding hydrogens is 254 g/mol. The zero-order valence-electron chi connectivity index (χ0n) is 12.8. The number of hydrogen-bond donors (Lipinski definition) is 0. The zero-order valence-corrected chi connectivity index (χ0v) is 12.8. The number of allylic oxidation sites excluding steroid dienone is 2. The lowest BCUT2D eigenvalue weighted by Gasteiger charge is -2.04. The standard InChI is InChI=1S/C18H20B2O/c1-3-7-15-9-5-11-17(13-15)19-21-20-18-12-6-10-16(14-18)8-4-2/h3-14,19-20H,1-2H3/b7-3-,8-4-. The molecule has 0 bridgehead atoms. The minimum Gasteiger partial charge on any atom is -0.497 e. The molecule has 0 spiro atoms. The summed E-state index contributed by atoms with van der Waals surface area (Å²) in [6.45, 7) is 4.06. The van der Waals surface area contributed by atoms with Gasteiger partial charge in [0.2, 0.25) is 0 Å². The normalized spacial score (nSPS) is 11.1. The molecule has 0 amide bonds. The highest BCUT2D eigenvalue weighted by Crippen LogP contribution is 2.00.